The highest BCUT2D eigenvalue weighted by atomic mass is 16.5. The Morgan fingerprint density at radius 1 is 1.80 bits per heavy atom. The van der Waals surface area contributed by atoms with Crippen molar-refractivity contribution in [1.82, 2.24) is 0 Å². The standard InChI is InChI=1S/C7H12O3/c1-7(2)5(3-8)4-10-6(7)9/h5,8H,3-4H2,1-2H3. The first kappa shape index (κ1) is 7.54. The molecule has 1 atom stereocenters. The van der Waals surface area contributed by atoms with Gasteiger partial charge in [0.2, 0.25) is 0 Å². The Balaban J connectivity index is 2.73. The van der Waals surface area contributed by atoms with Crippen LogP contribution < -0.4 is 0 Å². The predicted molar refractivity (Wildman–Crippen MR) is 35.3 cm³/mol. The van der Waals surface area contributed by atoms with Crippen LogP contribution in [0.3, 0.4) is 0 Å². The largest absolute Gasteiger partial charge is 0.465 e. The van der Waals surface area contributed by atoms with Gasteiger partial charge in [-0.05, 0) is 13.8 Å². The molecule has 1 aliphatic heterocycles. The average Bonchev–Trinajstić information content (AvgIpc) is 2.10. The third-order valence-corrected chi connectivity index (χ3v) is 2.18. The van der Waals surface area contributed by atoms with Crippen LogP contribution in [0.2, 0.25) is 0 Å². The van der Waals surface area contributed by atoms with Crippen LogP contribution in [0.1, 0.15) is 13.8 Å². The van der Waals surface area contributed by atoms with E-state index in [1.807, 2.05) is 0 Å². The molecule has 0 aromatic rings. The van der Waals surface area contributed by atoms with Crippen molar-refractivity contribution < 1.29 is 14.6 Å². The van der Waals surface area contributed by atoms with Crippen molar-refractivity contribution in [2.75, 3.05) is 13.2 Å². The first-order chi connectivity index (χ1) is 4.59. The maximum absolute atomic E-state index is 10.9. The lowest BCUT2D eigenvalue weighted by atomic mass is 9.82. The first-order valence-electron chi connectivity index (χ1n) is 3.37. The molecule has 3 nitrogen and oxygen atoms in total. The van der Waals surface area contributed by atoms with Gasteiger partial charge in [-0.3, -0.25) is 4.79 Å². The van der Waals surface area contributed by atoms with Crippen molar-refractivity contribution in [2.45, 2.75) is 13.8 Å². The molecule has 10 heavy (non-hydrogen) atoms. The number of esters is 1. The summed E-state index contributed by atoms with van der Waals surface area (Å²) < 4.78 is 4.77. The second-order valence-electron chi connectivity index (χ2n) is 3.20. The SMILES string of the molecule is CC1(C)C(=O)OCC1CO. The minimum Gasteiger partial charge on any atom is -0.465 e. The normalized spacial score (nSPS) is 30.3. The molecule has 1 saturated heterocycles. The number of carbonyl (C=O) groups excluding carboxylic acids is 1. The lowest BCUT2D eigenvalue weighted by Crippen LogP contribution is -2.28. The van der Waals surface area contributed by atoms with Crippen LogP contribution in [0.15, 0.2) is 0 Å². The summed E-state index contributed by atoms with van der Waals surface area (Å²) >= 11 is 0. The summed E-state index contributed by atoms with van der Waals surface area (Å²) in [5.41, 5.74) is -0.491. The summed E-state index contributed by atoms with van der Waals surface area (Å²) in [6.45, 7) is 3.98. The molecular weight excluding hydrogens is 132 g/mol. The zero-order valence-electron chi connectivity index (χ0n) is 6.26. The fourth-order valence-electron chi connectivity index (χ4n) is 1.02. The Morgan fingerprint density at radius 2 is 2.40 bits per heavy atom. The van der Waals surface area contributed by atoms with Crippen LogP contribution in [0, 0.1) is 11.3 Å². The molecule has 1 heterocycles. The number of aliphatic hydroxyl groups excluding tert-OH is 1. The number of ether oxygens (including phenoxy) is 1. The van der Waals surface area contributed by atoms with Crippen molar-refractivity contribution in [3.05, 3.63) is 0 Å². The molecule has 0 saturated carbocycles. The van der Waals surface area contributed by atoms with Gasteiger partial charge in [-0.2, -0.15) is 0 Å². The molecule has 0 aromatic heterocycles. The zero-order valence-corrected chi connectivity index (χ0v) is 6.26. The summed E-state index contributed by atoms with van der Waals surface area (Å²) in [6.07, 6.45) is 0. The molecule has 1 rings (SSSR count). The molecule has 3 heteroatoms. The second kappa shape index (κ2) is 2.23. The van der Waals surface area contributed by atoms with Gasteiger partial charge in [0.25, 0.3) is 0 Å². The van der Waals surface area contributed by atoms with E-state index in [0.29, 0.717) is 6.61 Å². The number of hydrogen-bond acceptors (Lipinski definition) is 3. The maximum Gasteiger partial charge on any atom is 0.312 e. The smallest absolute Gasteiger partial charge is 0.312 e. The zero-order chi connectivity index (χ0) is 7.78. The molecule has 0 aliphatic carbocycles. The topological polar surface area (TPSA) is 46.5 Å². The number of aliphatic hydroxyl groups is 1. The minimum absolute atomic E-state index is 0.0265. The van der Waals surface area contributed by atoms with Gasteiger partial charge in [0.1, 0.15) is 0 Å². The van der Waals surface area contributed by atoms with Crippen molar-refractivity contribution in [1.29, 1.82) is 0 Å². The Hall–Kier alpha value is -0.570. The van der Waals surface area contributed by atoms with Crippen LogP contribution >= 0.6 is 0 Å². The lowest BCUT2D eigenvalue weighted by molar-refractivity contribution is -0.145. The molecule has 0 radical (unpaired) electrons. The highest BCUT2D eigenvalue weighted by molar-refractivity contribution is 5.78. The summed E-state index contributed by atoms with van der Waals surface area (Å²) in [5, 5.41) is 8.79. The van der Waals surface area contributed by atoms with E-state index < -0.39 is 5.41 Å². The molecule has 0 amide bonds. The van der Waals surface area contributed by atoms with Crippen LogP contribution in [0.4, 0.5) is 0 Å². The Bertz CT molecular complexity index is 151. The van der Waals surface area contributed by atoms with Crippen LogP contribution in [-0.4, -0.2) is 24.3 Å². The van der Waals surface area contributed by atoms with E-state index in [0.717, 1.165) is 0 Å². The fraction of sp³-hybridized carbons (Fsp3) is 0.857. The highest BCUT2D eigenvalue weighted by Gasteiger charge is 2.43. The van der Waals surface area contributed by atoms with E-state index in [9.17, 15) is 4.79 Å². The molecule has 0 spiro atoms. The van der Waals surface area contributed by atoms with Crippen LogP contribution in [0.25, 0.3) is 0 Å². The van der Waals surface area contributed by atoms with Crippen molar-refractivity contribution in [2.24, 2.45) is 11.3 Å². The third kappa shape index (κ3) is 0.904. The average molecular weight is 144 g/mol. The van der Waals surface area contributed by atoms with Gasteiger partial charge in [0, 0.05) is 5.92 Å². The van der Waals surface area contributed by atoms with Crippen molar-refractivity contribution in [3.63, 3.8) is 0 Å². The second-order valence-corrected chi connectivity index (χ2v) is 3.20. The minimum atomic E-state index is -0.491. The number of hydrogen-bond donors (Lipinski definition) is 1. The third-order valence-electron chi connectivity index (χ3n) is 2.18. The van der Waals surface area contributed by atoms with Crippen molar-refractivity contribution >= 4 is 5.97 Å². The summed E-state index contributed by atoms with van der Waals surface area (Å²) in [4.78, 5) is 10.9. The Labute approximate surface area is 60.0 Å². The molecule has 1 N–H and O–H groups in total. The van der Waals surface area contributed by atoms with Gasteiger partial charge in [0.15, 0.2) is 0 Å². The van der Waals surface area contributed by atoms with E-state index in [2.05, 4.69) is 0 Å². The summed E-state index contributed by atoms with van der Waals surface area (Å²) in [6, 6.07) is 0. The van der Waals surface area contributed by atoms with Gasteiger partial charge in [-0.25, -0.2) is 0 Å². The summed E-state index contributed by atoms with van der Waals surface area (Å²) in [5.74, 6) is -0.230. The number of rotatable bonds is 1. The lowest BCUT2D eigenvalue weighted by Gasteiger charge is -2.18. The van der Waals surface area contributed by atoms with Crippen molar-refractivity contribution in [3.8, 4) is 0 Å². The van der Waals surface area contributed by atoms with E-state index in [-0.39, 0.29) is 18.5 Å². The molecular formula is C7H12O3. The Kier molecular flexibility index (Phi) is 1.68. The van der Waals surface area contributed by atoms with E-state index in [1.165, 1.54) is 0 Å². The van der Waals surface area contributed by atoms with Gasteiger partial charge < -0.3 is 9.84 Å². The van der Waals surface area contributed by atoms with E-state index in [4.69, 9.17) is 9.84 Å². The van der Waals surface area contributed by atoms with Gasteiger partial charge in [-0.1, -0.05) is 0 Å². The summed E-state index contributed by atoms with van der Waals surface area (Å²) in [7, 11) is 0. The first-order valence-corrected chi connectivity index (χ1v) is 3.37. The number of cyclic esters (lactones) is 1. The fourth-order valence-corrected chi connectivity index (χ4v) is 1.02. The molecule has 1 unspecified atom stereocenters. The van der Waals surface area contributed by atoms with Gasteiger partial charge in [-0.15, -0.1) is 0 Å². The number of carbonyl (C=O) groups is 1. The molecule has 0 bridgehead atoms. The molecule has 58 valence electrons. The predicted octanol–water partition coefficient (Wildman–Crippen LogP) is 0.178. The highest BCUT2D eigenvalue weighted by Crippen LogP contribution is 2.33. The van der Waals surface area contributed by atoms with Crippen LogP contribution in [0.5, 0.6) is 0 Å². The van der Waals surface area contributed by atoms with E-state index >= 15 is 0 Å². The maximum atomic E-state index is 10.9. The Morgan fingerprint density at radius 3 is 2.60 bits per heavy atom. The van der Waals surface area contributed by atoms with Gasteiger partial charge in [0.05, 0.1) is 18.6 Å². The van der Waals surface area contributed by atoms with Gasteiger partial charge >= 0.3 is 5.97 Å². The monoisotopic (exact) mass is 144 g/mol. The quantitative estimate of drug-likeness (QED) is 0.534. The molecule has 0 aromatic carbocycles. The molecule has 1 fully saturated rings. The molecule has 1 aliphatic rings. The van der Waals surface area contributed by atoms with Crippen LogP contribution in [-0.2, 0) is 9.53 Å². The van der Waals surface area contributed by atoms with E-state index in [1.54, 1.807) is 13.8 Å².